The summed E-state index contributed by atoms with van der Waals surface area (Å²) in [7, 11) is 3.18. The van der Waals surface area contributed by atoms with Crippen LogP contribution in [0.2, 0.25) is 0 Å². The number of anilines is 2. The lowest BCUT2D eigenvalue weighted by molar-refractivity contribution is -0.151. The summed E-state index contributed by atoms with van der Waals surface area (Å²) in [6, 6.07) is 7.59. The van der Waals surface area contributed by atoms with Crippen LogP contribution in [0.1, 0.15) is 51.3 Å². The number of aromatic nitrogens is 3. The number of ether oxygens (including phenoxy) is 2. The molecule has 11 heteroatoms. The molecule has 0 spiro atoms. The summed E-state index contributed by atoms with van der Waals surface area (Å²) in [6.07, 6.45) is -1.53. The van der Waals surface area contributed by atoms with Gasteiger partial charge in [-0.2, -0.15) is 18.2 Å². The molecule has 2 aromatic heterocycles. The molecular weight excluding hydrogens is 485 g/mol. The maximum Gasteiger partial charge on any atom is 0.403 e. The van der Waals surface area contributed by atoms with E-state index in [1.54, 1.807) is 20.3 Å². The molecule has 0 unspecified atom stereocenters. The maximum atomic E-state index is 13.1. The monoisotopic (exact) mass is 520 g/mol. The Labute approximate surface area is 215 Å². The van der Waals surface area contributed by atoms with Crippen LogP contribution in [0.25, 0.3) is 11.0 Å². The maximum absolute atomic E-state index is 13.1. The predicted molar refractivity (Wildman–Crippen MR) is 139 cm³/mol. The molecule has 0 aliphatic carbocycles. The number of nitrogens with zero attached hydrogens (tertiary/aromatic N) is 3. The zero-order valence-corrected chi connectivity index (χ0v) is 21.9. The first kappa shape index (κ1) is 28.2. The van der Waals surface area contributed by atoms with Crippen LogP contribution >= 0.6 is 0 Å². The van der Waals surface area contributed by atoms with Gasteiger partial charge in [-0.05, 0) is 38.5 Å². The topological polar surface area (TPSA) is 107 Å². The van der Waals surface area contributed by atoms with E-state index in [0.717, 1.165) is 31.0 Å². The molecule has 0 aliphatic rings. The first-order valence-corrected chi connectivity index (χ1v) is 12.2. The first-order valence-electron chi connectivity index (χ1n) is 12.2. The molecule has 202 valence electrons. The second-order valence-corrected chi connectivity index (χ2v) is 9.39. The van der Waals surface area contributed by atoms with Gasteiger partial charge in [-0.1, -0.05) is 25.8 Å². The fourth-order valence-corrected chi connectivity index (χ4v) is 3.99. The highest BCUT2D eigenvalue weighted by molar-refractivity contribution is 5.86. The highest BCUT2D eigenvalue weighted by Crippen LogP contribution is 2.29. The Morgan fingerprint density at radius 2 is 1.81 bits per heavy atom. The number of benzene rings is 1. The summed E-state index contributed by atoms with van der Waals surface area (Å²) in [4.78, 5) is 13.5. The zero-order chi connectivity index (χ0) is 27.2. The molecule has 2 heterocycles. The van der Waals surface area contributed by atoms with Crippen LogP contribution in [0.15, 0.2) is 30.3 Å². The summed E-state index contributed by atoms with van der Waals surface area (Å²) in [6.45, 7) is 5.09. The van der Waals surface area contributed by atoms with E-state index in [1.807, 2.05) is 38.1 Å². The van der Waals surface area contributed by atoms with E-state index in [1.165, 1.54) is 0 Å². The van der Waals surface area contributed by atoms with Gasteiger partial charge >= 0.3 is 6.18 Å². The average molecular weight is 521 g/mol. The molecule has 8 nitrogen and oxygen atoms in total. The van der Waals surface area contributed by atoms with Gasteiger partial charge in [-0.3, -0.25) is 0 Å². The highest BCUT2D eigenvalue weighted by Gasteiger charge is 2.37. The van der Waals surface area contributed by atoms with Crippen molar-refractivity contribution >= 4 is 22.8 Å². The van der Waals surface area contributed by atoms with Gasteiger partial charge in [0.05, 0.1) is 19.7 Å². The summed E-state index contributed by atoms with van der Waals surface area (Å²) < 4.78 is 50.2. The third kappa shape index (κ3) is 7.34. The number of fused-ring (bicyclic) bond motifs is 1. The van der Waals surface area contributed by atoms with Crippen molar-refractivity contribution in [2.45, 2.75) is 64.2 Å². The van der Waals surface area contributed by atoms with Crippen LogP contribution in [0.5, 0.6) is 11.5 Å². The second-order valence-electron chi connectivity index (χ2n) is 9.39. The first-order chi connectivity index (χ1) is 17.5. The third-order valence-electron chi connectivity index (χ3n) is 6.27. The number of alkyl halides is 3. The number of methoxy groups -OCH3 is 2. The number of halogens is 3. The zero-order valence-electron chi connectivity index (χ0n) is 21.9. The van der Waals surface area contributed by atoms with E-state index >= 15 is 0 Å². The van der Waals surface area contributed by atoms with E-state index < -0.39 is 17.8 Å². The lowest BCUT2D eigenvalue weighted by atomic mass is 9.94. The van der Waals surface area contributed by atoms with Crippen LogP contribution < -0.4 is 25.8 Å². The molecule has 1 aromatic carbocycles. The third-order valence-corrected chi connectivity index (χ3v) is 6.27. The molecule has 4 N–H and O–H groups in total. The Bertz CT molecular complexity index is 1210. The minimum Gasteiger partial charge on any atom is -0.497 e. The fourth-order valence-electron chi connectivity index (χ4n) is 3.99. The predicted octanol–water partition coefficient (Wildman–Crippen LogP) is 5.12. The summed E-state index contributed by atoms with van der Waals surface area (Å²) in [5.74, 6) is 1.79. The minimum atomic E-state index is -4.34. The normalized spacial score (nSPS) is 14.3. The van der Waals surface area contributed by atoms with Crippen molar-refractivity contribution in [2.24, 2.45) is 0 Å². The molecular formula is C26H35F3N6O2. The van der Waals surface area contributed by atoms with E-state index in [0.29, 0.717) is 41.2 Å². The molecule has 0 bridgehead atoms. The number of nitrogens with one attached hydrogen (secondary N) is 2. The van der Waals surface area contributed by atoms with Crippen molar-refractivity contribution in [1.82, 2.24) is 20.3 Å². The van der Waals surface area contributed by atoms with Gasteiger partial charge in [-0.25, -0.2) is 9.97 Å². The van der Waals surface area contributed by atoms with Crippen LogP contribution in [-0.4, -0.2) is 53.5 Å². The SMILES string of the molecule is CCCC[C@](C)(CN[C@@H](C)C(F)(F)F)Nc1nc(N)nc2ccc(Cc3ccc(OC)cc3OC)nc12. The fraction of sp³-hybridized carbons (Fsp3) is 0.500. The smallest absolute Gasteiger partial charge is 0.403 e. The molecule has 0 fully saturated rings. The number of rotatable bonds is 12. The molecule has 3 rings (SSSR count). The molecule has 0 saturated heterocycles. The number of nitrogen functional groups attached to an aromatic ring is 1. The largest absolute Gasteiger partial charge is 0.497 e. The van der Waals surface area contributed by atoms with Crippen LogP contribution in [0.3, 0.4) is 0 Å². The second kappa shape index (κ2) is 11.8. The van der Waals surface area contributed by atoms with Crippen LogP contribution in [0.4, 0.5) is 24.9 Å². The Morgan fingerprint density at radius 3 is 2.46 bits per heavy atom. The van der Waals surface area contributed by atoms with Gasteiger partial charge in [-0.15, -0.1) is 0 Å². The Hall–Kier alpha value is -3.34. The lowest BCUT2D eigenvalue weighted by Crippen LogP contribution is -2.50. The molecule has 37 heavy (non-hydrogen) atoms. The van der Waals surface area contributed by atoms with E-state index in [2.05, 4.69) is 20.6 Å². The molecule has 0 aliphatic heterocycles. The van der Waals surface area contributed by atoms with Crippen LogP contribution in [0, 0.1) is 0 Å². The summed E-state index contributed by atoms with van der Waals surface area (Å²) in [5, 5.41) is 5.96. The van der Waals surface area contributed by atoms with Crippen molar-refractivity contribution in [1.29, 1.82) is 0 Å². The van der Waals surface area contributed by atoms with Gasteiger partial charge in [0.1, 0.15) is 23.1 Å². The summed E-state index contributed by atoms with van der Waals surface area (Å²) in [5.41, 5.74) is 7.92. The van der Waals surface area contributed by atoms with Gasteiger partial charge in [0, 0.05) is 35.8 Å². The van der Waals surface area contributed by atoms with E-state index in [4.69, 9.17) is 20.2 Å². The van der Waals surface area contributed by atoms with Crippen molar-refractivity contribution in [2.75, 3.05) is 31.8 Å². The van der Waals surface area contributed by atoms with Gasteiger partial charge in [0.25, 0.3) is 0 Å². The Kier molecular flexibility index (Phi) is 9.01. The van der Waals surface area contributed by atoms with Gasteiger partial charge in [0.15, 0.2) is 5.82 Å². The molecule has 0 radical (unpaired) electrons. The molecule has 3 aromatic rings. The van der Waals surface area contributed by atoms with Crippen molar-refractivity contribution in [3.8, 4) is 11.5 Å². The van der Waals surface area contributed by atoms with Crippen LogP contribution in [-0.2, 0) is 6.42 Å². The van der Waals surface area contributed by atoms with Crippen molar-refractivity contribution < 1.29 is 22.6 Å². The number of nitrogens with two attached hydrogens (primary N) is 1. The summed E-state index contributed by atoms with van der Waals surface area (Å²) >= 11 is 0. The average Bonchev–Trinajstić information content (AvgIpc) is 2.86. The molecule has 0 saturated carbocycles. The van der Waals surface area contributed by atoms with Crippen molar-refractivity contribution in [3.63, 3.8) is 0 Å². The molecule has 0 amide bonds. The molecule has 2 atom stereocenters. The van der Waals surface area contributed by atoms with Crippen molar-refractivity contribution in [3.05, 3.63) is 41.6 Å². The van der Waals surface area contributed by atoms with E-state index in [-0.39, 0.29) is 12.5 Å². The quantitative estimate of drug-likeness (QED) is 0.302. The number of pyridine rings is 1. The Balaban J connectivity index is 1.95. The van der Waals surface area contributed by atoms with Gasteiger partial charge in [0.2, 0.25) is 5.95 Å². The highest BCUT2D eigenvalue weighted by atomic mass is 19.4. The number of hydrogen-bond acceptors (Lipinski definition) is 8. The number of hydrogen-bond donors (Lipinski definition) is 3. The minimum absolute atomic E-state index is 0.0517. The van der Waals surface area contributed by atoms with E-state index in [9.17, 15) is 13.2 Å². The Morgan fingerprint density at radius 1 is 1.05 bits per heavy atom. The van der Waals surface area contributed by atoms with Gasteiger partial charge < -0.3 is 25.8 Å². The number of unbranched alkanes of at least 4 members (excludes halogenated alkanes) is 1. The standard InChI is InChI=1S/C26H35F3N6O2/c1-6-7-12-25(3,15-31-16(2)26(27,28)29)35-23-22-20(33-24(30)34-23)11-9-18(32-22)13-17-8-10-19(36-4)14-21(17)37-5/h8-11,14,16,31H,6-7,12-13,15H2,1-5H3,(H3,30,33,34,35)/t16-,25+/m0/s1. The lowest BCUT2D eigenvalue weighted by Gasteiger charge is -2.33.